The van der Waals surface area contributed by atoms with Crippen molar-refractivity contribution in [3.05, 3.63) is 24.2 Å². The van der Waals surface area contributed by atoms with Crippen LogP contribution in [0.5, 0.6) is 0 Å². The molecular weight excluding hydrogens is 272 g/mol. The van der Waals surface area contributed by atoms with Crippen molar-refractivity contribution in [3.63, 3.8) is 0 Å². The highest BCUT2D eigenvalue weighted by molar-refractivity contribution is 5.76. The van der Waals surface area contributed by atoms with Crippen molar-refractivity contribution in [1.29, 1.82) is 0 Å². The van der Waals surface area contributed by atoms with Gasteiger partial charge >= 0.3 is 12.0 Å². The van der Waals surface area contributed by atoms with E-state index in [4.69, 9.17) is 9.52 Å². The maximum Gasteiger partial charge on any atom is 0.317 e. The maximum absolute atomic E-state index is 12.3. The van der Waals surface area contributed by atoms with E-state index in [2.05, 4.69) is 5.32 Å². The van der Waals surface area contributed by atoms with Crippen molar-refractivity contribution in [2.45, 2.75) is 50.6 Å². The van der Waals surface area contributed by atoms with Crippen LogP contribution in [-0.2, 0) is 11.3 Å². The molecule has 0 aliphatic heterocycles. The molecule has 116 valence electrons. The van der Waals surface area contributed by atoms with Gasteiger partial charge in [0.1, 0.15) is 0 Å². The van der Waals surface area contributed by atoms with E-state index in [-0.39, 0.29) is 12.5 Å². The van der Waals surface area contributed by atoms with Crippen LogP contribution in [0.15, 0.2) is 23.0 Å². The van der Waals surface area contributed by atoms with Gasteiger partial charge in [-0.1, -0.05) is 19.3 Å². The maximum atomic E-state index is 12.3. The molecule has 1 heterocycles. The number of carboxylic acid groups (broad SMARTS) is 1. The second kappa shape index (κ2) is 6.65. The van der Waals surface area contributed by atoms with Gasteiger partial charge in [0.15, 0.2) is 0 Å². The fourth-order valence-electron chi connectivity index (χ4n) is 2.91. The Labute approximate surface area is 124 Å². The lowest BCUT2D eigenvalue weighted by Gasteiger charge is -2.38. The van der Waals surface area contributed by atoms with Crippen LogP contribution in [0.3, 0.4) is 0 Å². The van der Waals surface area contributed by atoms with Gasteiger partial charge in [0.25, 0.3) is 0 Å². The summed E-state index contributed by atoms with van der Waals surface area (Å²) in [5, 5.41) is 12.1. The lowest BCUT2D eigenvalue weighted by molar-refractivity contribution is -0.139. The molecule has 21 heavy (non-hydrogen) atoms. The van der Waals surface area contributed by atoms with Crippen LogP contribution in [0, 0.1) is 0 Å². The molecule has 0 saturated heterocycles. The number of amides is 2. The predicted octanol–water partition coefficient (Wildman–Crippen LogP) is 2.60. The summed E-state index contributed by atoms with van der Waals surface area (Å²) in [5.74, 6) is -0.866. The van der Waals surface area contributed by atoms with Gasteiger partial charge in [-0.15, -0.1) is 0 Å². The molecule has 0 bridgehead atoms. The SMILES string of the molecule is CN(Cc1ccoc1)C(=O)NC1(CC(=O)O)CCCCC1. The lowest BCUT2D eigenvalue weighted by atomic mass is 9.79. The largest absolute Gasteiger partial charge is 0.481 e. The molecule has 0 atom stereocenters. The van der Waals surface area contributed by atoms with Gasteiger partial charge in [-0.3, -0.25) is 4.79 Å². The number of carbonyl (C=O) groups is 2. The van der Waals surface area contributed by atoms with Crippen molar-refractivity contribution in [1.82, 2.24) is 10.2 Å². The Hall–Kier alpha value is -1.98. The zero-order valence-electron chi connectivity index (χ0n) is 12.3. The lowest BCUT2D eigenvalue weighted by Crippen LogP contribution is -2.54. The molecule has 0 aromatic carbocycles. The van der Waals surface area contributed by atoms with Gasteiger partial charge in [-0.2, -0.15) is 0 Å². The molecule has 1 aromatic rings. The van der Waals surface area contributed by atoms with E-state index in [0.29, 0.717) is 6.54 Å². The minimum absolute atomic E-state index is 0.0156. The third kappa shape index (κ3) is 4.24. The Morgan fingerprint density at radius 1 is 1.38 bits per heavy atom. The van der Waals surface area contributed by atoms with E-state index in [9.17, 15) is 9.59 Å². The number of urea groups is 1. The van der Waals surface area contributed by atoms with Gasteiger partial charge in [-0.05, 0) is 18.9 Å². The van der Waals surface area contributed by atoms with Crippen molar-refractivity contribution in [3.8, 4) is 0 Å². The number of aliphatic carboxylic acids is 1. The number of carbonyl (C=O) groups excluding carboxylic acids is 1. The fraction of sp³-hybridized carbons (Fsp3) is 0.600. The summed E-state index contributed by atoms with van der Waals surface area (Å²) in [6, 6.07) is 1.57. The molecule has 2 rings (SSSR count). The van der Waals surface area contributed by atoms with Gasteiger partial charge in [0, 0.05) is 12.6 Å². The third-order valence-electron chi connectivity index (χ3n) is 4.02. The molecule has 0 spiro atoms. The summed E-state index contributed by atoms with van der Waals surface area (Å²) in [6.45, 7) is 0.436. The molecule has 0 radical (unpaired) electrons. The summed E-state index contributed by atoms with van der Waals surface area (Å²) in [4.78, 5) is 25.0. The fourth-order valence-corrected chi connectivity index (χ4v) is 2.91. The average molecular weight is 294 g/mol. The molecule has 1 fully saturated rings. The molecule has 1 aliphatic carbocycles. The van der Waals surface area contributed by atoms with Crippen LogP contribution in [0.1, 0.15) is 44.1 Å². The van der Waals surface area contributed by atoms with Gasteiger partial charge in [0.05, 0.1) is 31.0 Å². The van der Waals surface area contributed by atoms with Crippen LogP contribution >= 0.6 is 0 Å². The van der Waals surface area contributed by atoms with Crippen molar-refractivity contribution >= 4 is 12.0 Å². The van der Waals surface area contributed by atoms with Gasteiger partial charge < -0.3 is 19.7 Å². The Morgan fingerprint density at radius 2 is 2.10 bits per heavy atom. The van der Waals surface area contributed by atoms with E-state index >= 15 is 0 Å². The first-order valence-electron chi connectivity index (χ1n) is 7.27. The van der Waals surface area contributed by atoms with Crippen LogP contribution in [0.2, 0.25) is 0 Å². The molecule has 2 amide bonds. The van der Waals surface area contributed by atoms with E-state index in [1.54, 1.807) is 30.5 Å². The van der Waals surface area contributed by atoms with E-state index in [0.717, 1.165) is 37.7 Å². The summed E-state index contributed by atoms with van der Waals surface area (Å²) in [7, 11) is 1.69. The summed E-state index contributed by atoms with van der Waals surface area (Å²) < 4.78 is 4.98. The number of rotatable bonds is 5. The van der Waals surface area contributed by atoms with E-state index in [1.165, 1.54) is 0 Å². The Bertz CT molecular complexity index is 478. The van der Waals surface area contributed by atoms with Crippen molar-refractivity contribution in [2.24, 2.45) is 0 Å². The normalized spacial score (nSPS) is 17.2. The molecule has 1 aromatic heterocycles. The van der Waals surface area contributed by atoms with Gasteiger partial charge in [-0.25, -0.2) is 4.79 Å². The number of nitrogens with one attached hydrogen (secondary N) is 1. The molecule has 1 saturated carbocycles. The number of carboxylic acids is 1. The van der Waals surface area contributed by atoms with Crippen molar-refractivity contribution in [2.75, 3.05) is 7.05 Å². The molecule has 0 unspecified atom stereocenters. The highest BCUT2D eigenvalue weighted by Gasteiger charge is 2.36. The zero-order chi connectivity index (χ0) is 15.3. The summed E-state index contributed by atoms with van der Waals surface area (Å²) >= 11 is 0. The first kappa shape index (κ1) is 15.4. The van der Waals surface area contributed by atoms with Crippen LogP contribution < -0.4 is 5.32 Å². The highest BCUT2D eigenvalue weighted by atomic mass is 16.4. The van der Waals surface area contributed by atoms with Crippen LogP contribution in [-0.4, -0.2) is 34.6 Å². The smallest absolute Gasteiger partial charge is 0.317 e. The summed E-state index contributed by atoms with van der Waals surface area (Å²) in [6.07, 6.45) is 7.61. The van der Waals surface area contributed by atoms with Crippen molar-refractivity contribution < 1.29 is 19.1 Å². The average Bonchev–Trinajstić information content (AvgIpc) is 2.91. The number of furan rings is 1. The number of hydrogen-bond acceptors (Lipinski definition) is 3. The second-order valence-corrected chi connectivity index (χ2v) is 5.83. The Kier molecular flexibility index (Phi) is 4.88. The first-order chi connectivity index (χ1) is 10.0. The highest BCUT2D eigenvalue weighted by Crippen LogP contribution is 2.31. The first-order valence-corrected chi connectivity index (χ1v) is 7.27. The minimum Gasteiger partial charge on any atom is -0.481 e. The van der Waals surface area contributed by atoms with E-state index in [1.807, 2.05) is 0 Å². The molecular formula is C15H22N2O4. The van der Waals surface area contributed by atoms with Crippen LogP contribution in [0.25, 0.3) is 0 Å². The quantitative estimate of drug-likeness (QED) is 0.874. The number of hydrogen-bond donors (Lipinski definition) is 2. The Balaban J connectivity index is 1.98. The molecule has 6 nitrogen and oxygen atoms in total. The minimum atomic E-state index is -0.866. The third-order valence-corrected chi connectivity index (χ3v) is 4.02. The molecule has 2 N–H and O–H groups in total. The van der Waals surface area contributed by atoms with Crippen LogP contribution in [0.4, 0.5) is 4.79 Å². The molecule has 1 aliphatic rings. The monoisotopic (exact) mass is 294 g/mol. The standard InChI is InChI=1S/C15H22N2O4/c1-17(10-12-5-8-21-11-12)14(20)16-15(9-13(18)19)6-3-2-4-7-15/h5,8,11H,2-4,6-7,9-10H2,1H3,(H,16,20)(H,18,19). The second-order valence-electron chi connectivity index (χ2n) is 5.83. The topological polar surface area (TPSA) is 82.8 Å². The zero-order valence-corrected chi connectivity index (χ0v) is 12.3. The number of nitrogens with zero attached hydrogens (tertiary/aromatic N) is 1. The predicted molar refractivity (Wildman–Crippen MR) is 76.8 cm³/mol. The van der Waals surface area contributed by atoms with E-state index < -0.39 is 11.5 Å². The van der Waals surface area contributed by atoms with Gasteiger partial charge in [0.2, 0.25) is 0 Å². The summed E-state index contributed by atoms with van der Waals surface area (Å²) in [5.41, 5.74) is 0.301. The Morgan fingerprint density at radius 3 is 2.67 bits per heavy atom. The molecule has 6 heteroatoms.